The van der Waals surface area contributed by atoms with E-state index in [4.69, 9.17) is 9.15 Å². The number of ether oxygens (including phenoxy) is 1. The maximum absolute atomic E-state index is 12.4. The highest BCUT2D eigenvalue weighted by Gasteiger charge is 2.20. The number of thiophene rings is 1. The normalized spacial score (nSPS) is 11.4. The first-order valence-corrected chi connectivity index (χ1v) is 11.2. The average molecular weight is 464 g/mol. The Morgan fingerprint density at radius 2 is 2.09 bits per heavy atom. The minimum atomic E-state index is -0.492. The second-order valence-electron chi connectivity index (χ2n) is 6.82. The third kappa shape index (κ3) is 3.93. The quantitative estimate of drug-likeness (QED) is 0.241. The van der Waals surface area contributed by atoms with Crippen LogP contribution in [-0.2, 0) is 4.74 Å². The molecule has 9 heteroatoms. The van der Waals surface area contributed by atoms with Crippen molar-refractivity contribution in [2.75, 3.05) is 12.4 Å². The Balaban J connectivity index is 1.67. The number of aromatic nitrogens is 1. The summed E-state index contributed by atoms with van der Waals surface area (Å²) in [7, 11) is 1.33. The number of esters is 1. The number of benzene rings is 1. The van der Waals surface area contributed by atoms with Crippen LogP contribution in [-0.4, -0.2) is 18.1 Å². The number of carbonyl (C=O) groups excluding carboxylic acids is 1. The zero-order chi connectivity index (χ0) is 22.8. The van der Waals surface area contributed by atoms with Crippen LogP contribution in [0.5, 0.6) is 0 Å². The Labute approximate surface area is 191 Å². The van der Waals surface area contributed by atoms with Crippen LogP contribution < -0.4 is 10.9 Å². The molecule has 4 rings (SSSR count). The van der Waals surface area contributed by atoms with Gasteiger partial charge in [0.1, 0.15) is 27.2 Å². The topological polar surface area (TPSA) is 105 Å². The Bertz CT molecular complexity index is 1470. The fraction of sp³-hybridized carbons (Fsp3) is 0.130. The molecule has 0 radical (unpaired) electrons. The largest absolute Gasteiger partial charge is 0.465 e. The van der Waals surface area contributed by atoms with E-state index in [1.165, 1.54) is 36.0 Å². The van der Waals surface area contributed by atoms with Gasteiger partial charge in [0.05, 0.1) is 23.9 Å². The first-order chi connectivity index (χ1) is 15.4. The number of nitriles is 1. The van der Waals surface area contributed by atoms with Gasteiger partial charge in [-0.2, -0.15) is 5.26 Å². The van der Waals surface area contributed by atoms with Crippen LogP contribution in [0.2, 0.25) is 0 Å². The van der Waals surface area contributed by atoms with Crippen molar-refractivity contribution in [2.45, 2.75) is 13.8 Å². The summed E-state index contributed by atoms with van der Waals surface area (Å²) in [6, 6.07) is 11.1. The molecule has 0 saturated heterocycles. The van der Waals surface area contributed by atoms with E-state index in [1.807, 2.05) is 26.0 Å². The maximum atomic E-state index is 12.4. The first kappa shape index (κ1) is 21.5. The predicted molar refractivity (Wildman–Crippen MR) is 126 cm³/mol. The SMILES string of the molecule is COC(=O)c1c(NC=C(C#N)c2nc(-c3cc4ccccc4oc3=O)cs2)sc(C)c1C. The number of methoxy groups -OCH3 is 1. The van der Waals surface area contributed by atoms with Crippen molar-refractivity contribution in [2.24, 2.45) is 0 Å². The molecule has 0 unspecified atom stereocenters. The van der Waals surface area contributed by atoms with Gasteiger partial charge in [0.15, 0.2) is 0 Å². The minimum Gasteiger partial charge on any atom is -0.465 e. The number of anilines is 1. The zero-order valence-corrected chi connectivity index (χ0v) is 19.0. The molecule has 0 amide bonds. The lowest BCUT2D eigenvalue weighted by molar-refractivity contribution is 0.0601. The molecule has 4 aromatic rings. The Morgan fingerprint density at radius 1 is 1.31 bits per heavy atom. The number of fused-ring (bicyclic) bond motifs is 1. The number of carbonyl (C=O) groups is 1. The maximum Gasteiger partial charge on any atom is 0.345 e. The summed E-state index contributed by atoms with van der Waals surface area (Å²) in [5.41, 5.74) is 2.31. The van der Waals surface area contributed by atoms with E-state index in [0.29, 0.717) is 32.4 Å². The monoisotopic (exact) mass is 463 g/mol. The lowest BCUT2D eigenvalue weighted by atomic mass is 10.1. The highest BCUT2D eigenvalue weighted by Crippen LogP contribution is 2.34. The molecule has 1 N–H and O–H groups in total. The summed E-state index contributed by atoms with van der Waals surface area (Å²) in [5, 5.41) is 16.2. The molecule has 160 valence electrons. The van der Waals surface area contributed by atoms with E-state index >= 15 is 0 Å². The van der Waals surface area contributed by atoms with Gasteiger partial charge in [0.25, 0.3) is 0 Å². The van der Waals surface area contributed by atoms with Gasteiger partial charge in [-0.25, -0.2) is 14.6 Å². The molecule has 7 nitrogen and oxygen atoms in total. The molecule has 3 heterocycles. The van der Waals surface area contributed by atoms with Crippen molar-refractivity contribution < 1.29 is 13.9 Å². The second kappa shape index (κ2) is 8.78. The number of nitrogens with one attached hydrogen (secondary N) is 1. The van der Waals surface area contributed by atoms with Crippen molar-refractivity contribution in [3.8, 4) is 17.3 Å². The Morgan fingerprint density at radius 3 is 2.84 bits per heavy atom. The second-order valence-corrected chi connectivity index (χ2v) is 8.90. The third-order valence-electron chi connectivity index (χ3n) is 4.89. The van der Waals surface area contributed by atoms with Gasteiger partial charge in [-0.3, -0.25) is 0 Å². The highest BCUT2D eigenvalue weighted by molar-refractivity contribution is 7.16. The van der Waals surface area contributed by atoms with Crippen LogP contribution in [0.4, 0.5) is 5.00 Å². The number of thiazole rings is 1. The van der Waals surface area contributed by atoms with Crippen LogP contribution in [0, 0.1) is 25.2 Å². The number of nitrogens with zero attached hydrogens (tertiary/aromatic N) is 2. The van der Waals surface area contributed by atoms with Crippen LogP contribution in [0.3, 0.4) is 0 Å². The fourth-order valence-electron chi connectivity index (χ4n) is 3.12. The molecule has 0 atom stereocenters. The Kier molecular flexibility index (Phi) is 5.90. The number of allylic oxidation sites excluding steroid dienone is 1. The minimum absolute atomic E-state index is 0.269. The van der Waals surface area contributed by atoms with E-state index in [0.717, 1.165) is 15.8 Å². The molecule has 1 aromatic carbocycles. The first-order valence-electron chi connectivity index (χ1n) is 9.47. The molecule has 0 aliphatic carbocycles. The van der Waals surface area contributed by atoms with Gasteiger partial charge in [-0.1, -0.05) is 18.2 Å². The van der Waals surface area contributed by atoms with Gasteiger partial charge in [0.2, 0.25) is 0 Å². The van der Waals surface area contributed by atoms with E-state index in [2.05, 4.69) is 16.4 Å². The summed E-state index contributed by atoms with van der Waals surface area (Å²) >= 11 is 2.64. The van der Waals surface area contributed by atoms with Gasteiger partial charge in [-0.05, 0) is 31.5 Å². The molecule has 0 saturated carbocycles. The van der Waals surface area contributed by atoms with Crippen molar-refractivity contribution >= 4 is 50.2 Å². The molecule has 32 heavy (non-hydrogen) atoms. The molecular formula is C23H17N3O4S2. The van der Waals surface area contributed by atoms with Gasteiger partial charge < -0.3 is 14.5 Å². The van der Waals surface area contributed by atoms with Crippen molar-refractivity contribution in [3.63, 3.8) is 0 Å². The number of aryl methyl sites for hydroxylation is 1. The summed E-state index contributed by atoms with van der Waals surface area (Å²) in [6.07, 6.45) is 1.50. The highest BCUT2D eigenvalue weighted by atomic mass is 32.1. The fourth-order valence-corrected chi connectivity index (χ4v) is 4.92. The number of rotatable bonds is 5. The summed E-state index contributed by atoms with van der Waals surface area (Å²) in [4.78, 5) is 30.0. The van der Waals surface area contributed by atoms with Crippen LogP contribution in [0.1, 0.15) is 25.8 Å². The summed E-state index contributed by atoms with van der Waals surface area (Å²) in [5.74, 6) is -0.444. The van der Waals surface area contributed by atoms with Crippen molar-refractivity contribution in [1.29, 1.82) is 5.26 Å². The smallest absolute Gasteiger partial charge is 0.345 e. The van der Waals surface area contributed by atoms with E-state index in [9.17, 15) is 14.9 Å². The molecule has 0 spiro atoms. The summed E-state index contributed by atoms with van der Waals surface area (Å²) < 4.78 is 10.3. The van der Waals surface area contributed by atoms with Crippen LogP contribution in [0.25, 0.3) is 27.8 Å². The van der Waals surface area contributed by atoms with E-state index in [-0.39, 0.29) is 5.57 Å². The van der Waals surface area contributed by atoms with Crippen molar-refractivity contribution in [1.82, 2.24) is 4.98 Å². The molecule has 0 bridgehead atoms. The van der Waals surface area contributed by atoms with Gasteiger partial charge in [0, 0.05) is 21.8 Å². The lowest BCUT2D eigenvalue weighted by Crippen LogP contribution is -2.05. The lowest BCUT2D eigenvalue weighted by Gasteiger charge is -2.03. The third-order valence-corrected chi connectivity index (χ3v) is 6.91. The van der Waals surface area contributed by atoms with Gasteiger partial charge >= 0.3 is 11.6 Å². The van der Waals surface area contributed by atoms with Crippen LogP contribution in [0.15, 0.2) is 51.1 Å². The number of hydrogen-bond donors (Lipinski definition) is 1. The number of para-hydroxylation sites is 1. The zero-order valence-electron chi connectivity index (χ0n) is 17.4. The molecule has 0 aliphatic heterocycles. The van der Waals surface area contributed by atoms with Crippen LogP contribution >= 0.6 is 22.7 Å². The van der Waals surface area contributed by atoms with E-state index < -0.39 is 11.6 Å². The average Bonchev–Trinajstić information content (AvgIpc) is 3.38. The number of hydrogen-bond acceptors (Lipinski definition) is 9. The summed E-state index contributed by atoms with van der Waals surface area (Å²) in [6.45, 7) is 3.76. The molecular weight excluding hydrogens is 446 g/mol. The molecule has 3 aromatic heterocycles. The van der Waals surface area contributed by atoms with Gasteiger partial charge in [-0.15, -0.1) is 22.7 Å². The van der Waals surface area contributed by atoms with Crippen molar-refractivity contribution in [3.05, 3.63) is 73.3 Å². The standard InChI is InChI=1S/C23H17N3O4S2/c1-12-13(2)32-21(19(12)23(28)29-3)25-10-15(9-24)20-26-17(11-31-20)16-8-14-6-4-5-7-18(14)30-22(16)27/h4-8,10-11,25H,1-3H3. The Hall–Kier alpha value is -3.74. The molecule has 0 aliphatic rings. The molecule has 0 fully saturated rings. The predicted octanol–water partition coefficient (Wildman–Crippen LogP) is 5.36. The van der Waals surface area contributed by atoms with E-state index in [1.54, 1.807) is 23.6 Å².